The number of carbonyl (C=O) groups is 2. The number of aliphatic carboxylic acids is 1. The van der Waals surface area contributed by atoms with Crippen LogP contribution in [0.1, 0.15) is 36.3 Å². The normalized spacial score (nSPS) is 12.0. The molecule has 0 saturated heterocycles. The van der Waals surface area contributed by atoms with Gasteiger partial charge in [-0.25, -0.2) is 4.68 Å². The van der Waals surface area contributed by atoms with Crippen molar-refractivity contribution in [2.45, 2.75) is 33.2 Å². The van der Waals surface area contributed by atoms with E-state index in [1.54, 1.807) is 23.7 Å². The molecule has 1 unspecified atom stereocenters. The molecule has 0 aliphatic rings. The predicted molar refractivity (Wildman–Crippen MR) is 91.7 cm³/mol. The molecular formula is C17H20ClN3O3. The molecule has 0 aliphatic carbocycles. The number of hydrogen-bond acceptors (Lipinski definition) is 3. The Kier molecular flexibility index (Phi) is 5.62. The van der Waals surface area contributed by atoms with Gasteiger partial charge in [-0.1, -0.05) is 30.7 Å². The number of carbonyl (C=O) groups excluding carboxylic acids is 1. The molecule has 7 heteroatoms. The summed E-state index contributed by atoms with van der Waals surface area (Å²) in [5.74, 6) is -1.39. The molecule has 1 N–H and O–H groups in total. The minimum Gasteiger partial charge on any atom is -0.480 e. The zero-order valence-electron chi connectivity index (χ0n) is 13.9. The van der Waals surface area contributed by atoms with Crippen LogP contribution in [0.3, 0.4) is 0 Å². The van der Waals surface area contributed by atoms with Gasteiger partial charge in [0.15, 0.2) is 0 Å². The SMILES string of the molecule is CCC(C)N(CC(=O)O)C(=O)c1cnn(-c2ccccc2Cl)c1C. The van der Waals surface area contributed by atoms with E-state index in [2.05, 4.69) is 5.10 Å². The smallest absolute Gasteiger partial charge is 0.323 e. The molecule has 1 atom stereocenters. The first kappa shape index (κ1) is 18.0. The molecule has 128 valence electrons. The summed E-state index contributed by atoms with van der Waals surface area (Å²) in [4.78, 5) is 25.2. The van der Waals surface area contributed by atoms with E-state index in [1.807, 2.05) is 26.0 Å². The first-order valence-corrected chi connectivity index (χ1v) is 8.06. The average molecular weight is 350 g/mol. The Morgan fingerprint density at radius 1 is 1.38 bits per heavy atom. The van der Waals surface area contributed by atoms with E-state index >= 15 is 0 Å². The van der Waals surface area contributed by atoms with E-state index in [1.165, 1.54) is 11.1 Å². The van der Waals surface area contributed by atoms with Crippen molar-refractivity contribution in [2.75, 3.05) is 6.54 Å². The van der Waals surface area contributed by atoms with Crippen LogP contribution in [0.4, 0.5) is 0 Å². The van der Waals surface area contributed by atoms with Gasteiger partial charge in [0.2, 0.25) is 0 Å². The van der Waals surface area contributed by atoms with Crippen LogP contribution in [0.2, 0.25) is 5.02 Å². The Morgan fingerprint density at radius 2 is 2.04 bits per heavy atom. The summed E-state index contributed by atoms with van der Waals surface area (Å²) in [7, 11) is 0. The van der Waals surface area contributed by atoms with Gasteiger partial charge in [-0.2, -0.15) is 5.10 Å². The van der Waals surface area contributed by atoms with Crippen molar-refractivity contribution >= 4 is 23.5 Å². The van der Waals surface area contributed by atoms with E-state index < -0.39 is 5.97 Å². The number of hydrogen-bond donors (Lipinski definition) is 1. The van der Waals surface area contributed by atoms with Gasteiger partial charge in [-0.05, 0) is 32.4 Å². The molecule has 1 amide bonds. The summed E-state index contributed by atoms with van der Waals surface area (Å²) in [6.07, 6.45) is 2.12. The zero-order valence-corrected chi connectivity index (χ0v) is 14.6. The van der Waals surface area contributed by atoms with Gasteiger partial charge in [-0.3, -0.25) is 9.59 Å². The van der Waals surface area contributed by atoms with Gasteiger partial charge in [0.25, 0.3) is 5.91 Å². The number of benzene rings is 1. The third-order valence-electron chi connectivity index (χ3n) is 4.01. The fraction of sp³-hybridized carbons (Fsp3) is 0.353. The van der Waals surface area contributed by atoms with Crippen LogP contribution in [-0.2, 0) is 4.79 Å². The molecule has 0 fully saturated rings. The maximum Gasteiger partial charge on any atom is 0.323 e. The zero-order chi connectivity index (χ0) is 17.9. The molecule has 2 rings (SSSR count). The average Bonchev–Trinajstić information content (AvgIpc) is 2.93. The number of aromatic nitrogens is 2. The van der Waals surface area contributed by atoms with Gasteiger partial charge >= 0.3 is 5.97 Å². The summed E-state index contributed by atoms with van der Waals surface area (Å²) < 4.78 is 1.59. The standard InChI is InChI=1S/C17H20ClN3O3/c1-4-11(2)20(10-16(22)23)17(24)13-9-19-21(12(13)3)15-8-6-5-7-14(15)18/h5-9,11H,4,10H2,1-3H3,(H,22,23). The van der Waals surface area contributed by atoms with E-state index in [4.69, 9.17) is 16.7 Å². The van der Waals surface area contributed by atoms with Crippen molar-refractivity contribution in [3.05, 3.63) is 46.7 Å². The lowest BCUT2D eigenvalue weighted by Crippen LogP contribution is -2.42. The summed E-state index contributed by atoms with van der Waals surface area (Å²) >= 11 is 6.19. The van der Waals surface area contributed by atoms with Crippen molar-refractivity contribution in [1.82, 2.24) is 14.7 Å². The largest absolute Gasteiger partial charge is 0.480 e. The van der Waals surface area contributed by atoms with Crippen molar-refractivity contribution in [1.29, 1.82) is 0 Å². The highest BCUT2D eigenvalue weighted by molar-refractivity contribution is 6.32. The molecular weight excluding hydrogens is 330 g/mol. The molecule has 0 bridgehead atoms. The van der Waals surface area contributed by atoms with E-state index in [0.29, 0.717) is 28.4 Å². The number of halogens is 1. The highest BCUT2D eigenvalue weighted by atomic mass is 35.5. The molecule has 0 saturated carbocycles. The maximum absolute atomic E-state index is 12.8. The first-order valence-electron chi connectivity index (χ1n) is 7.69. The topological polar surface area (TPSA) is 75.4 Å². The van der Waals surface area contributed by atoms with Crippen molar-refractivity contribution < 1.29 is 14.7 Å². The fourth-order valence-corrected chi connectivity index (χ4v) is 2.65. The molecule has 6 nitrogen and oxygen atoms in total. The number of para-hydroxylation sites is 1. The maximum atomic E-state index is 12.8. The summed E-state index contributed by atoms with van der Waals surface area (Å²) in [5.41, 5.74) is 1.66. The number of amides is 1. The van der Waals surface area contributed by atoms with E-state index in [9.17, 15) is 9.59 Å². The summed E-state index contributed by atoms with van der Waals surface area (Å²) in [6, 6.07) is 7.01. The molecule has 1 heterocycles. The van der Waals surface area contributed by atoms with Crippen LogP contribution < -0.4 is 0 Å². The lowest BCUT2D eigenvalue weighted by atomic mass is 10.1. The lowest BCUT2D eigenvalue weighted by Gasteiger charge is -2.26. The van der Waals surface area contributed by atoms with Crippen LogP contribution in [-0.4, -0.2) is 44.3 Å². The second kappa shape index (κ2) is 7.49. The second-order valence-corrected chi connectivity index (χ2v) is 6.00. The van der Waals surface area contributed by atoms with Crippen LogP contribution in [0.5, 0.6) is 0 Å². The molecule has 2 aromatic rings. The van der Waals surface area contributed by atoms with Gasteiger partial charge < -0.3 is 10.0 Å². The Hall–Kier alpha value is -2.34. The minimum atomic E-state index is -1.04. The highest BCUT2D eigenvalue weighted by Gasteiger charge is 2.26. The Morgan fingerprint density at radius 3 is 2.62 bits per heavy atom. The van der Waals surface area contributed by atoms with Crippen molar-refractivity contribution in [2.24, 2.45) is 0 Å². The first-order chi connectivity index (χ1) is 11.4. The lowest BCUT2D eigenvalue weighted by molar-refractivity contribution is -0.138. The second-order valence-electron chi connectivity index (χ2n) is 5.59. The minimum absolute atomic E-state index is 0.184. The molecule has 1 aromatic carbocycles. The molecule has 1 aromatic heterocycles. The Bertz CT molecular complexity index is 757. The molecule has 0 aliphatic heterocycles. The Labute approximate surface area is 145 Å². The predicted octanol–water partition coefficient (Wildman–Crippen LogP) is 3.16. The third-order valence-corrected chi connectivity index (χ3v) is 4.33. The van der Waals surface area contributed by atoms with Gasteiger partial charge in [0, 0.05) is 6.04 Å². The number of carboxylic acids is 1. The van der Waals surface area contributed by atoms with Crippen LogP contribution in [0, 0.1) is 6.92 Å². The van der Waals surface area contributed by atoms with Crippen molar-refractivity contribution in [3.8, 4) is 5.69 Å². The number of carboxylic acid groups (broad SMARTS) is 1. The van der Waals surface area contributed by atoms with Gasteiger partial charge in [0.1, 0.15) is 6.54 Å². The molecule has 0 radical (unpaired) electrons. The highest BCUT2D eigenvalue weighted by Crippen LogP contribution is 2.23. The Balaban J connectivity index is 2.40. The quantitative estimate of drug-likeness (QED) is 0.869. The summed E-state index contributed by atoms with van der Waals surface area (Å²) in [5, 5.41) is 13.9. The van der Waals surface area contributed by atoms with E-state index in [0.717, 1.165) is 0 Å². The molecule has 0 spiro atoms. The summed E-state index contributed by atoms with van der Waals surface area (Å²) in [6.45, 7) is 5.16. The fourth-order valence-electron chi connectivity index (χ4n) is 2.43. The monoisotopic (exact) mass is 349 g/mol. The number of nitrogens with zero attached hydrogens (tertiary/aromatic N) is 3. The van der Waals surface area contributed by atoms with E-state index in [-0.39, 0.29) is 18.5 Å². The van der Waals surface area contributed by atoms with Crippen LogP contribution in [0.15, 0.2) is 30.5 Å². The van der Waals surface area contributed by atoms with Crippen LogP contribution in [0.25, 0.3) is 5.69 Å². The molecule has 24 heavy (non-hydrogen) atoms. The number of rotatable bonds is 6. The van der Waals surface area contributed by atoms with Crippen LogP contribution >= 0.6 is 11.6 Å². The van der Waals surface area contributed by atoms with Gasteiger partial charge in [-0.15, -0.1) is 0 Å². The van der Waals surface area contributed by atoms with Crippen molar-refractivity contribution in [3.63, 3.8) is 0 Å². The third kappa shape index (κ3) is 3.59. The van der Waals surface area contributed by atoms with Gasteiger partial charge in [0.05, 0.1) is 28.2 Å².